The van der Waals surface area contributed by atoms with Gasteiger partial charge in [-0.1, -0.05) is 0 Å². The summed E-state index contributed by atoms with van der Waals surface area (Å²) in [6, 6.07) is 0. The van der Waals surface area contributed by atoms with Crippen molar-refractivity contribution in [3.05, 3.63) is 0 Å². The van der Waals surface area contributed by atoms with Gasteiger partial charge in [0.2, 0.25) is 11.8 Å². The largest absolute Gasteiger partial charge is 0.302 e. The molecule has 0 aromatic heterocycles. The summed E-state index contributed by atoms with van der Waals surface area (Å²) in [5, 5.41) is 0. The molecule has 0 aliphatic heterocycles. The molecule has 0 aliphatic carbocycles. The number of amides is 2. The molecule has 0 fully saturated rings. The highest BCUT2D eigenvalue weighted by Crippen LogP contribution is 2.04. The standard InChI is InChI=1S/C8H13F2NO6S2/c1-2-11(7(12)3-5-18(9,14)15)8(13)4-6-19(10,16)17/h2-6H2,1H3. The average Bonchev–Trinajstić information content (AvgIpc) is 2.22. The molecule has 112 valence electrons. The van der Waals surface area contributed by atoms with Crippen LogP contribution < -0.4 is 0 Å². The predicted molar refractivity (Wildman–Crippen MR) is 61.4 cm³/mol. The van der Waals surface area contributed by atoms with E-state index in [1.54, 1.807) is 0 Å². The number of hydrogen-bond donors (Lipinski definition) is 0. The van der Waals surface area contributed by atoms with Crippen LogP contribution in [0.25, 0.3) is 0 Å². The number of carbonyl (C=O) groups is 2. The molecule has 0 aromatic carbocycles. The molecule has 0 aliphatic rings. The van der Waals surface area contributed by atoms with Crippen molar-refractivity contribution in [3.8, 4) is 0 Å². The van der Waals surface area contributed by atoms with Gasteiger partial charge in [0.05, 0.1) is 11.5 Å². The molecule has 0 spiro atoms. The highest BCUT2D eigenvalue weighted by molar-refractivity contribution is 7.86. The molecule has 11 heteroatoms. The zero-order valence-electron chi connectivity index (χ0n) is 10.0. The molecule has 0 saturated carbocycles. The van der Waals surface area contributed by atoms with Crippen LogP contribution in [0.15, 0.2) is 0 Å². The molecule has 0 rings (SSSR count). The lowest BCUT2D eigenvalue weighted by Gasteiger charge is -2.18. The fraction of sp³-hybridized carbons (Fsp3) is 0.750. The van der Waals surface area contributed by atoms with Gasteiger partial charge in [-0.2, -0.15) is 16.8 Å². The lowest BCUT2D eigenvalue weighted by molar-refractivity contribution is -0.144. The first kappa shape index (κ1) is 17.9. The second kappa shape index (κ2) is 6.89. The van der Waals surface area contributed by atoms with Crippen LogP contribution in [-0.4, -0.2) is 51.6 Å². The van der Waals surface area contributed by atoms with Gasteiger partial charge in [0, 0.05) is 19.4 Å². The van der Waals surface area contributed by atoms with Crippen LogP contribution in [0.2, 0.25) is 0 Å². The number of halogens is 2. The summed E-state index contributed by atoms with van der Waals surface area (Å²) < 4.78 is 65.3. The minimum atomic E-state index is -4.84. The van der Waals surface area contributed by atoms with Crippen molar-refractivity contribution in [2.75, 3.05) is 18.1 Å². The Hall–Kier alpha value is -1.10. The Balaban J connectivity index is 4.56. The fourth-order valence-electron chi connectivity index (χ4n) is 1.18. The molecule has 2 amide bonds. The van der Waals surface area contributed by atoms with Crippen LogP contribution in [0.1, 0.15) is 19.8 Å². The van der Waals surface area contributed by atoms with Crippen molar-refractivity contribution < 1.29 is 34.2 Å². The summed E-state index contributed by atoms with van der Waals surface area (Å²) in [6.07, 6.45) is -1.50. The topological polar surface area (TPSA) is 106 Å². The second-order valence-electron chi connectivity index (χ2n) is 3.52. The van der Waals surface area contributed by atoms with Crippen LogP contribution in [0.3, 0.4) is 0 Å². The first-order valence-corrected chi connectivity index (χ1v) is 8.24. The minimum absolute atomic E-state index is 0.156. The first-order valence-electron chi connectivity index (χ1n) is 5.14. The molecule has 0 atom stereocenters. The van der Waals surface area contributed by atoms with Crippen LogP contribution in [0.5, 0.6) is 0 Å². The van der Waals surface area contributed by atoms with E-state index in [9.17, 15) is 34.2 Å². The van der Waals surface area contributed by atoms with Crippen molar-refractivity contribution in [1.29, 1.82) is 0 Å². The molecule has 7 nitrogen and oxygen atoms in total. The third-order valence-electron chi connectivity index (χ3n) is 2.04. The van der Waals surface area contributed by atoms with E-state index in [2.05, 4.69) is 0 Å². The Kier molecular flexibility index (Phi) is 6.49. The zero-order valence-corrected chi connectivity index (χ0v) is 11.6. The van der Waals surface area contributed by atoms with E-state index in [-0.39, 0.29) is 6.54 Å². The lowest BCUT2D eigenvalue weighted by atomic mass is 10.3. The van der Waals surface area contributed by atoms with Gasteiger partial charge in [0.25, 0.3) is 0 Å². The Morgan fingerprint density at radius 2 is 1.21 bits per heavy atom. The summed E-state index contributed by atoms with van der Waals surface area (Å²) >= 11 is 0. The molecular weight excluding hydrogens is 308 g/mol. The number of imide groups is 1. The maximum atomic E-state index is 12.2. The molecule has 0 saturated heterocycles. The van der Waals surface area contributed by atoms with Crippen molar-refractivity contribution >= 4 is 32.3 Å². The molecule has 0 radical (unpaired) electrons. The van der Waals surface area contributed by atoms with Gasteiger partial charge in [-0.3, -0.25) is 14.5 Å². The Labute approximate surface area is 110 Å². The van der Waals surface area contributed by atoms with Gasteiger partial charge in [-0.15, -0.1) is 7.77 Å². The van der Waals surface area contributed by atoms with Gasteiger partial charge in [0.1, 0.15) is 0 Å². The normalized spacial score (nSPS) is 12.2. The van der Waals surface area contributed by atoms with E-state index in [0.29, 0.717) is 4.90 Å². The van der Waals surface area contributed by atoms with Crippen LogP contribution in [0.4, 0.5) is 7.77 Å². The highest BCUT2D eigenvalue weighted by Gasteiger charge is 2.23. The summed E-state index contributed by atoms with van der Waals surface area (Å²) in [5.74, 6) is -4.08. The van der Waals surface area contributed by atoms with Crippen molar-refractivity contribution in [2.45, 2.75) is 19.8 Å². The van der Waals surface area contributed by atoms with Crippen molar-refractivity contribution in [1.82, 2.24) is 4.90 Å². The molecule has 0 aromatic rings. The predicted octanol–water partition coefficient (Wildman–Crippen LogP) is -0.260. The summed E-state index contributed by atoms with van der Waals surface area (Å²) in [6.45, 7) is 1.22. The van der Waals surface area contributed by atoms with E-state index < -0.39 is 56.6 Å². The van der Waals surface area contributed by atoms with Crippen LogP contribution >= 0.6 is 0 Å². The lowest BCUT2D eigenvalue weighted by Crippen LogP contribution is -2.38. The fourth-order valence-corrected chi connectivity index (χ4v) is 2.02. The third kappa shape index (κ3) is 8.59. The van der Waals surface area contributed by atoms with E-state index in [0.717, 1.165) is 0 Å². The molecule has 0 unspecified atom stereocenters. The summed E-state index contributed by atoms with van der Waals surface area (Å²) in [4.78, 5) is 23.4. The number of carbonyl (C=O) groups excluding carboxylic acids is 2. The van der Waals surface area contributed by atoms with E-state index in [1.165, 1.54) is 6.92 Å². The molecule has 0 N–H and O–H groups in total. The molecule has 0 bridgehead atoms. The summed E-state index contributed by atoms with van der Waals surface area (Å²) in [5.41, 5.74) is 0. The van der Waals surface area contributed by atoms with Crippen LogP contribution in [0, 0.1) is 0 Å². The van der Waals surface area contributed by atoms with Gasteiger partial charge >= 0.3 is 20.4 Å². The third-order valence-corrected chi connectivity index (χ3v) is 3.42. The molecule has 19 heavy (non-hydrogen) atoms. The van der Waals surface area contributed by atoms with E-state index in [1.807, 2.05) is 0 Å². The minimum Gasteiger partial charge on any atom is -0.283 e. The molecular formula is C8H13F2NO6S2. The highest BCUT2D eigenvalue weighted by atomic mass is 32.3. The Morgan fingerprint density at radius 1 is 0.895 bits per heavy atom. The van der Waals surface area contributed by atoms with E-state index in [4.69, 9.17) is 0 Å². The monoisotopic (exact) mass is 321 g/mol. The first-order chi connectivity index (χ1) is 8.46. The van der Waals surface area contributed by atoms with Gasteiger partial charge in [0.15, 0.2) is 0 Å². The Bertz CT molecular complexity index is 494. The maximum absolute atomic E-state index is 12.2. The Morgan fingerprint density at radius 3 is 1.42 bits per heavy atom. The van der Waals surface area contributed by atoms with Crippen molar-refractivity contribution in [2.24, 2.45) is 0 Å². The molecule has 0 heterocycles. The van der Waals surface area contributed by atoms with Gasteiger partial charge < -0.3 is 0 Å². The smallest absolute Gasteiger partial charge is 0.283 e. The quantitative estimate of drug-likeness (QED) is 0.598. The maximum Gasteiger partial charge on any atom is 0.302 e. The van der Waals surface area contributed by atoms with Gasteiger partial charge in [-0.05, 0) is 6.92 Å². The summed E-state index contributed by atoms with van der Waals surface area (Å²) in [7, 11) is -9.67. The van der Waals surface area contributed by atoms with Crippen molar-refractivity contribution in [3.63, 3.8) is 0 Å². The zero-order chi connectivity index (χ0) is 15.3. The van der Waals surface area contributed by atoms with Gasteiger partial charge in [-0.25, -0.2) is 0 Å². The number of rotatable bonds is 7. The number of nitrogens with zero attached hydrogens (tertiary/aromatic N) is 1. The van der Waals surface area contributed by atoms with Crippen LogP contribution in [-0.2, 0) is 30.0 Å². The number of hydrogen-bond acceptors (Lipinski definition) is 6. The second-order valence-corrected chi connectivity index (χ2v) is 6.49. The van der Waals surface area contributed by atoms with E-state index >= 15 is 0 Å². The SMILES string of the molecule is CCN(C(=O)CCS(=O)(=O)F)C(=O)CCS(=O)(=O)F. The average molecular weight is 321 g/mol.